The molecule has 110 valence electrons. The van der Waals surface area contributed by atoms with E-state index in [1.807, 2.05) is 0 Å². The largest absolute Gasteiger partial charge is 0.478 e. The molecule has 1 aliphatic rings. The van der Waals surface area contributed by atoms with Crippen LogP contribution in [0.15, 0.2) is 23.4 Å². The van der Waals surface area contributed by atoms with E-state index in [-0.39, 0.29) is 28.5 Å². The van der Waals surface area contributed by atoms with E-state index in [0.29, 0.717) is 0 Å². The highest BCUT2D eigenvalue weighted by molar-refractivity contribution is 7.92. The Kier molecular flexibility index (Phi) is 3.80. The fraction of sp³-hybridized carbons (Fsp3) is 0.400. The molecule has 0 aromatic carbocycles. The van der Waals surface area contributed by atoms with Crippen LogP contribution < -0.4 is 4.72 Å². The van der Waals surface area contributed by atoms with Gasteiger partial charge in [0, 0.05) is 12.2 Å². The van der Waals surface area contributed by atoms with Gasteiger partial charge < -0.3 is 5.11 Å². The maximum absolute atomic E-state index is 12.0. The highest BCUT2D eigenvalue weighted by Crippen LogP contribution is 2.15. The van der Waals surface area contributed by atoms with Gasteiger partial charge in [0.05, 0.1) is 17.1 Å². The Bertz CT molecular complexity index is 724. The molecule has 0 aliphatic carbocycles. The Labute approximate surface area is 115 Å². The lowest BCUT2D eigenvalue weighted by Gasteiger charge is -2.10. The van der Waals surface area contributed by atoms with E-state index < -0.39 is 31.9 Å². The number of aromatic carboxylic acids is 1. The van der Waals surface area contributed by atoms with Crippen LogP contribution in [0.25, 0.3) is 0 Å². The third-order valence-electron chi connectivity index (χ3n) is 2.81. The van der Waals surface area contributed by atoms with Crippen molar-refractivity contribution in [2.75, 3.05) is 11.5 Å². The number of aromatic nitrogens is 1. The van der Waals surface area contributed by atoms with Crippen molar-refractivity contribution in [2.24, 2.45) is 0 Å². The van der Waals surface area contributed by atoms with E-state index in [2.05, 4.69) is 9.71 Å². The van der Waals surface area contributed by atoms with E-state index >= 15 is 0 Å². The molecule has 8 nitrogen and oxygen atoms in total. The van der Waals surface area contributed by atoms with Gasteiger partial charge in [0.25, 0.3) is 10.0 Å². The lowest BCUT2D eigenvalue weighted by molar-refractivity contribution is 0.0696. The zero-order chi connectivity index (χ0) is 15.0. The molecule has 1 atom stereocenters. The topological polar surface area (TPSA) is 130 Å². The van der Waals surface area contributed by atoms with Gasteiger partial charge in [-0.3, -0.25) is 0 Å². The first-order chi connectivity index (χ1) is 9.20. The Balaban J connectivity index is 2.16. The number of hydrogen-bond donors (Lipinski definition) is 2. The van der Waals surface area contributed by atoms with Gasteiger partial charge in [-0.25, -0.2) is 31.3 Å². The minimum absolute atomic E-state index is 0.0500. The molecule has 1 aromatic rings. The summed E-state index contributed by atoms with van der Waals surface area (Å²) in [7, 11) is -7.15. The monoisotopic (exact) mass is 320 g/mol. The summed E-state index contributed by atoms with van der Waals surface area (Å²) >= 11 is 0. The van der Waals surface area contributed by atoms with Crippen LogP contribution in [-0.4, -0.2) is 50.4 Å². The normalized spacial score (nSPS) is 21.7. The van der Waals surface area contributed by atoms with Gasteiger partial charge in [0.2, 0.25) is 0 Å². The second-order valence-electron chi connectivity index (χ2n) is 4.41. The summed E-state index contributed by atoms with van der Waals surface area (Å²) in [4.78, 5) is 14.2. The molecular weight excluding hydrogens is 308 g/mol. The zero-order valence-corrected chi connectivity index (χ0v) is 11.8. The molecule has 0 saturated carbocycles. The summed E-state index contributed by atoms with van der Waals surface area (Å²) in [6.45, 7) is 0. The summed E-state index contributed by atoms with van der Waals surface area (Å²) in [5.74, 6) is -1.50. The predicted octanol–water partition coefficient (Wildman–Crippen LogP) is -0.755. The zero-order valence-electron chi connectivity index (χ0n) is 10.2. The van der Waals surface area contributed by atoms with Gasteiger partial charge in [-0.15, -0.1) is 0 Å². The van der Waals surface area contributed by atoms with E-state index in [4.69, 9.17) is 5.11 Å². The number of carboxylic acids is 1. The maximum Gasteiger partial charge on any atom is 0.337 e. The average Bonchev–Trinajstić information content (AvgIpc) is 2.68. The Morgan fingerprint density at radius 2 is 2.10 bits per heavy atom. The number of carbonyl (C=O) groups is 1. The summed E-state index contributed by atoms with van der Waals surface area (Å²) in [5, 5.41) is 8.35. The Morgan fingerprint density at radius 1 is 1.40 bits per heavy atom. The van der Waals surface area contributed by atoms with E-state index in [1.165, 1.54) is 0 Å². The molecule has 0 spiro atoms. The molecule has 1 unspecified atom stereocenters. The minimum atomic E-state index is -3.95. The molecule has 10 heteroatoms. The van der Waals surface area contributed by atoms with Crippen LogP contribution in [-0.2, 0) is 19.9 Å². The molecule has 0 radical (unpaired) electrons. The summed E-state index contributed by atoms with van der Waals surface area (Å²) in [5.41, 5.74) is -0.132. The van der Waals surface area contributed by atoms with E-state index in [0.717, 1.165) is 18.3 Å². The summed E-state index contributed by atoms with van der Waals surface area (Å²) in [6.07, 6.45) is 1.15. The average molecular weight is 320 g/mol. The van der Waals surface area contributed by atoms with Crippen molar-refractivity contribution in [2.45, 2.75) is 17.5 Å². The van der Waals surface area contributed by atoms with Crippen LogP contribution in [0.3, 0.4) is 0 Å². The standard InChI is InChI=1S/C10H12N2O6S2/c13-10(14)7-1-2-9(11-5-7)20(17,18)12-8-3-4-19(15,16)6-8/h1-2,5,8,12H,3-4,6H2,(H,13,14). The Morgan fingerprint density at radius 3 is 2.55 bits per heavy atom. The number of sulfone groups is 1. The third-order valence-corrected chi connectivity index (χ3v) is 6.02. The number of rotatable bonds is 4. The number of nitrogens with zero attached hydrogens (tertiary/aromatic N) is 1. The second-order valence-corrected chi connectivity index (χ2v) is 8.30. The number of pyridine rings is 1. The van der Waals surface area contributed by atoms with Crippen molar-refractivity contribution in [1.82, 2.24) is 9.71 Å². The van der Waals surface area contributed by atoms with Crippen LogP contribution in [0.1, 0.15) is 16.8 Å². The first kappa shape index (κ1) is 14.9. The van der Waals surface area contributed by atoms with Crippen LogP contribution in [0.2, 0.25) is 0 Å². The van der Waals surface area contributed by atoms with Gasteiger partial charge in [0.1, 0.15) is 0 Å². The minimum Gasteiger partial charge on any atom is -0.478 e. The van der Waals surface area contributed by atoms with Crippen molar-refractivity contribution >= 4 is 25.8 Å². The van der Waals surface area contributed by atoms with Gasteiger partial charge in [-0.05, 0) is 18.6 Å². The van der Waals surface area contributed by atoms with Crippen molar-refractivity contribution in [3.63, 3.8) is 0 Å². The van der Waals surface area contributed by atoms with Crippen LogP contribution >= 0.6 is 0 Å². The summed E-state index contributed by atoms with van der Waals surface area (Å²) in [6, 6.07) is 1.51. The first-order valence-corrected chi connectivity index (χ1v) is 8.92. The van der Waals surface area contributed by atoms with Crippen LogP contribution in [0, 0.1) is 0 Å². The molecule has 2 heterocycles. The molecule has 20 heavy (non-hydrogen) atoms. The number of carboxylic acid groups (broad SMARTS) is 1. The van der Waals surface area contributed by atoms with E-state index in [1.54, 1.807) is 0 Å². The second kappa shape index (κ2) is 5.11. The lowest BCUT2D eigenvalue weighted by atomic mass is 10.3. The number of nitrogens with one attached hydrogen (secondary N) is 1. The molecule has 1 aliphatic heterocycles. The lowest BCUT2D eigenvalue weighted by Crippen LogP contribution is -2.36. The molecule has 2 N–H and O–H groups in total. The van der Waals surface area contributed by atoms with Crippen LogP contribution in [0.5, 0.6) is 0 Å². The molecule has 1 fully saturated rings. The first-order valence-electron chi connectivity index (χ1n) is 5.62. The van der Waals surface area contributed by atoms with Crippen molar-refractivity contribution in [1.29, 1.82) is 0 Å². The molecule has 1 aromatic heterocycles. The molecule has 0 bridgehead atoms. The highest BCUT2D eigenvalue weighted by Gasteiger charge is 2.31. The van der Waals surface area contributed by atoms with Gasteiger partial charge in [-0.2, -0.15) is 0 Å². The van der Waals surface area contributed by atoms with Gasteiger partial charge in [-0.1, -0.05) is 0 Å². The highest BCUT2D eigenvalue weighted by atomic mass is 32.2. The Hall–Kier alpha value is -1.52. The number of hydrogen-bond acceptors (Lipinski definition) is 6. The van der Waals surface area contributed by atoms with E-state index in [9.17, 15) is 21.6 Å². The third kappa shape index (κ3) is 3.32. The fourth-order valence-electron chi connectivity index (χ4n) is 1.83. The molecule has 1 saturated heterocycles. The molecular formula is C10H12N2O6S2. The smallest absolute Gasteiger partial charge is 0.337 e. The van der Waals surface area contributed by atoms with Gasteiger partial charge in [0.15, 0.2) is 14.9 Å². The quantitative estimate of drug-likeness (QED) is 0.746. The maximum atomic E-state index is 12.0. The summed E-state index contributed by atoms with van der Waals surface area (Å²) < 4.78 is 48.7. The van der Waals surface area contributed by atoms with Crippen LogP contribution in [0.4, 0.5) is 0 Å². The van der Waals surface area contributed by atoms with Gasteiger partial charge >= 0.3 is 5.97 Å². The fourth-order valence-corrected chi connectivity index (χ4v) is 4.81. The molecule has 2 rings (SSSR count). The van der Waals surface area contributed by atoms with Crippen molar-refractivity contribution in [3.8, 4) is 0 Å². The predicted molar refractivity (Wildman–Crippen MR) is 68.6 cm³/mol. The van der Waals surface area contributed by atoms with Crippen molar-refractivity contribution in [3.05, 3.63) is 23.9 Å². The number of sulfonamides is 1. The van der Waals surface area contributed by atoms with Crippen molar-refractivity contribution < 1.29 is 26.7 Å². The molecule has 0 amide bonds. The SMILES string of the molecule is O=C(O)c1ccc(S(=O)(=O)NC2CCS(=O)(=O)C2)nc1.